The molecule has 4 aromatic rings. The first-order valence-electron chi connectivity index (χ1n) is 10.00. The van der Waals surface area contributed by atoms with Crippen molar-refractivity contribution < 1.29 is 14.6 Å². The zero-order chi connectivity index (χ0) is 20.9. The van der Waals surface area contributed by atoms with Gasteiger partial charge in [0.2, 0.25) is 0 Å². The molecule has 1 heterocycles. The topological polar surface area (TPSA) is 66.5 Å². The molecular weight excluding hydrogens is 376 g/mol. The van der Waals surface area contributed by atoms with Crippen LogP contribution in [0.1, 0.15) is 11.1 Å². The third-order valence-corrected chi connectivity index (χ3v) is 5.30. The maximum atomic E-state index is 9.42. The Morgan fingerprint density at radius 3 is 2.43 bits per heavy atom. The molecule has 0 fully saturated rings. The lowest BCUT2D eigenvalue weighted by Crippen LogP contribution is -2.16. The summed E-state index contributed by atoms with van der Waals surface area (Å²) in [7, 11) is 3.30. The highest BCUT2D eigenvalue weighted by Crippen LogP contribution is 2.36. The molecule has 5 heteroatoms. The molecule has 0 atom stereocenters. The van der Waals surface area contributed by atoms with Crippen LogP contribution in [0.3, 0.4) is 0 Å². The number of H-pyrrole nitrogens is 1. The van der Waals surface area contributed by atoms with Crippen LogP contribution < -0.4 is 14.8 Å². The fourth-order valence-electron chi connectivity index (χ4n) is 3.76. The second-order valence-electron chi connectivity index (χ2n) is 7.19. The Balaban J connectivity index is 1.58. The fourth-order valence-corrected chi connectivity index (χ4v) is 3.76. The smallest absolute Gasteiger partial charge is 0.161 e. The highest BCUT2D eigenvalue weighted by Gasteiger charge is 2.15. The van der Waals surface area contributed by atoms with Gasteiger partial charge in [-0.05, 0) is 60.5 Å². The van der Waals surface area contributed by atoms with E-state index >= 15 is 0 Å². The van der Waals surface area contributed by atoms with Crippen molar-refractivity contribution in [2.24, 2.45) is 0 Å². The molecule has 154 valence electrons. The van der Waals surface area contributed by atoms with E-state index in [1.54, 1.807) is 26.4 Å². The first-order chi connectivity index (χ1) is 14.7. The van der Waals surface area contributed by atoms with Gasteiger partial charge in [0, 0.05) is 28.7 Å². The number of hydrogen-bond donors (Lipinski definition) is 3. The highest BCUT2D eigenvalue weighted by molar-refractivity contribution is 5.91. The number of ether oxygens (including phenoxy) is 2. The van der Waals surface area contributed by atoms with E-state index < -0.39 is 0 Å². The van der Waals surface area contributed by atoms with E-state index in [4.69, 9.17) is 9.47 Å². The quantitative estimate of drug-likeness (QED) is 0.367. The lowest BCUT2D eigenvalue weighted by molar-refractivity contribution is 0.355. The summed E-state index contributed by atoms with van der Waals surface area (Å²) < 4.78 is 10.9. The maximum Gasteiger partial charge on any atom is 0.161 e. The molecule has 0 amide bonds. The van der Waals surface area contributed by atoms with Crippen LogP contribution in [-0.4, -0.2) is 30.9 Å². The zero-order valence-corrected chi connectivity index (χ0v) is 17.2. The summed E-state index contributed by atoms with van der Waals surface area (Å²) in [5, 5.41) is 14.2. The molecule has 0 saturated carbocycles. The van der Waals surface area contributed by atoms with Crippen molar-refractivity contribution in [3.05, 3.63) is 77.9 Å². The number of aromatic amines is 1. The highest BCUT2D eigenvalue weighted by atomic mass is 16.5. The van der Waals surface area contributed by atoms with E-state index in [1.807, 2.05) is 30.3 Å². The van der Waals surface area contributed by atoms with E-state index in [-0.39, 0.29) is 5.75 Å². The summed E-state index contributed by atoms with van der Waals surface area (Å²) >= 11 is 0. The minimum absolute atomic E-state index is 0.289. The van der Waals surface area contributed by atoms with Gasteiger partial charge in [-0.2, -0.15) is 0 Å². The molecular formula is C25H26N2O3. The molecule has 1 aromatic heterocycles. The monoisotopic (exact) mass is 402 g/mol. The first kappa shape index (κ1) is 19.9. The summed E-state index contributed by atoms with van der Waals surface area (Å²) in [6.07, 6.45) is 0.881. The van der Waals surface area contributed by atoms with Gasteiger partial charge in [0.1, 0.15) is 5.75 Å². The lowest BCUT2D eigenvalue weighted by atomic mass is 10.0. The summed E-state index contributed by atoms with van der Waals surface area (Å²) in [6, 6.07) is 21.7. The average Bonchev–Trinajstić information content (AvgIpc) is 3.16. The SMILES string of the molecule is COc1ccc(-c2[nH]c3ccccc3c2CCNCc2ccc(O)cc2)cc1OC. The first-order valence-corrected chi connectivity index (χ1v) is 10.00. The number of phenols is 1. The summed E-state index contributed by atoms with van der Waals surface area (Å²) in [5.74, 6) is 1.72. The minimum Gasteiger partial charge on any atom is -0.508 e. The molecule has 30 heavy (non-hydrogen) atoms. The van der Waals surface area contributed by atoms with Crippen molar-refractivity contribution in [3.8, 4) is 28.5 Å². The number of hydrogen-bond acceptors (Lipinski definition) is 4. The number of para-hydroxylation sites is 1. The normalized spacial score (nSPS) is 11.0. The largest absolute Gasteiger partial charge is 0.508 e. The molecule has 5 nitrogen and oxygen atoms in total. The summed E-state index contributed by atoms with van der Waals surface area (Å²) in [6.45, 7) is 1.59. The van der Waals surface area contributed by atoms with Gasteiger partial charge in [-0.15, -0.1) is 0 Å². The molecule has 0 aliphatic heterocycles. The van der Waals surface area contributed by atoms with Gasteiger partial charge in [-0.1, -0.05) is 30.3 Å². The number of phenolic OH excluding ortho intramolecular Hbond substituents is 1. The molecule has 0 radical (unpaired) electrons. The Labute approximate surface area is 176 Å². The fraction of sp³-hybridized carbons (Fsp3) is 0.200. The second-order valence-corrected chi connectivity index (χ2v) is 7.19. The van der Waals surface area contributed by atoms with Gasteiger partial charge >= 0.3 is 0 Å². The zero-order valence-electron chi connectivity index (χ0n) is 17.2. The third-order valence-electron chi connectivity index (χ3n) is 5.30. The molecule has 4 rings (SSSR count). The van der Waals surface area contributed by atoms with E-state index in [1.165, 1.54) is 10.9 Å². The molecule has 0 aliphatic rings. The van der Waals surface area contributed by atoms with Gasteiger partial charge in [-0.25, -0.2) is 0 Å². The van der Waals surface area contributed by atoms with Crippen LogP contribution in [0.4, 0.5) is 0 Å². The van der Waals surface area contributed by atoms with Crippen LogP contribution in [0.15, 0.2) is 66.7 Å². The standard InChI is InChI=1S/C25H26N2O3/c1-29-23-12-9-18(15-24(23)30-2)25-21(20-5-3-4-6-22(20)27-25)13-14-26-16-17-7-10-19(28)11-8-17/h3-12,15,26-28H,13-14,16H2,1-2H3. The Kier molecular flexibility index (Phi) is 5.91. The number of benzene rings is 3. The molecule has 3 aromatic carbocycles. The van der Waals surface area contributed by atoms with Crippen molar-refractivity contribution >= 4 is 10.9 Å². The Bertz CT molecular complexity index is 1130. The number of fused-ring (bicyclic) bond motifs is 1. The van der Waals surface area contributed by atoms with Crippen LogP contribution in [0.25, 0.3) is 22.2 Å². The number of methoxy groups -OCH3 is 2. The molecule has 0 bridgehead atoms. The minimum atomic E-state index is 0.289. The Morgan fingerprint density at radius 1 is 0.900 bits per heavy atom. The van der Waals surface area contributed by atoms with E-state index in [2.05, 4.69) is 34.6 Å². The van der Waals surface area contributed by atoms with Gasteiger partial charge in [0.15, 0.2) is 11.5 Å². The molecule has 0 unspecified atom stereocenters. The van der Waals surface area contributed by atoms with Gasteiger partial charge in [0.05, 0.1) is 14.2 Å². The van der Waals surface area contributed by atoms with E-state index in [0.717, 1.165) is 47.6 Å². The average molecular weight is 402 g/mol. The second kappa shape index (κ2) is 8.93. The van der Waals surface area contributed by atoms with Crippen molar-refractivity contribution in [3.63, 3.8) is 0 Å². The summed E-state index contributed by atoms with van der Waals surface area (Å²) in [5.41, 5.74) is 5.71. The van der Waals surface area contributed by atoms with Gasteiger partial charge < -0.3 is 24.9 Å². The van der Waals surface area contributed by atoms with Crippen molar-refractivity contribution in [1.29, 1.82) is 0 Å². The lowest BCUT2D eigenvalue weighted by Gasteiger charge is -2.11. The predicted octanol–water partition coefficient (Wildman–Crippen LogP) is 4.89. The van der Waals surface area contributed by atoms with Crippen molar-refractivity contribution in [2.75, 3.05) is 20.8 Å². The van der Waals surface area contributed by atoms with Crippen LogP contribution in [-0.2, 0) is 13.0 Å². The van der Waals surface area contributed by atoms with Crippen LogP contribution >= 0.6 is 0 Å². The number of aromatic nitrogens is 1. The van der Waals surface area contributed by atoms with Crippen LogP contribution in [0.2, 0.25) is 0 Å². The molecule has 0 aliphatic carbocycles. The Hall–Kier alpha value is -3.44. The van der Waals surface area contributed by atoms with Crippen molar-refractivity contribution in [2.45, 2.75) is 13.0 Å². The van der Waals surface area contributed by atoms with Gasteiger partial charge in [0.25, 0.3) is 0 Å². The maximum absolute atomic E-state index is 9.42. The molecule has 0 spiro atoms. The van der Waals surface area contributed by atoms with Gasteiger partial charge in [-0.3, -0.25) is 0 Å². The number of nitrogens with one attached hydrogen (secondary N) is 2. The molecule has 0 saturated heterocycles. The third kappa shape index (κ3) is 4.11. The number of aromatic hydroxyl groups is 1. The number of rotatable bonds is 8. The Morgan fingerprint density at radius 2 is 1.67 bits per heavy atom. The van der Waals surface area contributed by atoms with E-state index in [9.17, 15) is 5.11 Å². The van der Waals surface area contributed by atoms with Crippen LogP contribution in [0, 0.1) is 0 Å². The molecule has 3 N–H and O–H groups in total. The van der Waals surface area contributed by atoms with E-state index in [0.29, 0.717) is 5.75 Å². The predicted molar refractivity (Wildman–Crippen MR) is 120 cm³/mol. The van der Waals surface area contributed by atoms with Crippen LogP contribution in [0.5, 0.6) is 17.2 Å². The summed E-state index contributed by atoms with van der Waals surface area (Å²) in [4.78, 5) is 3.58. The van der Waals surface area contributed by atoms with Crippen molar-refractivity contribution in [1.82, 2.24) is 10.3 Å².